The van der Waals surface area contributed by atoms with Crippen molar-refractivity contribution in [2.45, 2.75) is 32.2 Å². The van der Waals surface area contributed by atoms with Gasteiger partial charge < -0.3 is 9.47 Å². The number of para-hydroxylation sites is 1. The molecule has 0 bridgehead atoms. The summed E-state index contributed by atoms with van der Waals surface area (Å²) in [7, 11) is 1.65. The van der Waals surface area contributed by atoms with Gasteiger partial charge in [-0.15, -0.1) is 0 Å². The molecule has 0 unspecified atom stereocenters. The first-order valence-corrected chi connectivity index (χ1v) is 8.87. The summed E-state index contributed by atoms with van der Waals surface area (Å²) in [6.07, 6.45) is 4.49. The second-order valence-electron chi connectivity index (χ2n) is 6.68. The van der Waals surface area contributed by atoms with E-state index in [1.54, 1.807) is 13.2 Å². The Labute approximate surface area is 145 Å². The second kappa shape index (κ2) is 6.02. The fraction of sp³-hybridized carbons (Fsp3) is 0.421. The van der Waals surface area contributed by atoms with Gasteiger partial charge in [-0.25, -0.2) is 4.68 Å². The Morgan fingerprint density at radius 1 is 1.20 bits per heavy atom. The molecule has 2 aromatic heterocycles. The van der Waals surface area contributed by atoms with E-state index in [-0.39, 0.29) is 17.5 Å². The van der Waals surface area contributed by atoms with E-state index in [4.69, 9.17) is 0 Å². The topological polar surface area (TPSA) is 60.1 Å². The van der Waals surface area contributed by atoms with Gasteiger partial charge in [-0.2, -0.15) is 5.10 Å². The number of aryl methyl sites for hydroxylation is 1. The van der Waals surface area contributed by atoms with Crippen LogP contribution in [-0.2, 0) is 11.8 Å². The van der Waals surface area contributed by atoms with Gasteiger partial charge in [0.25, 0.3) is 5.56 Å². The highest BCUT2D eigenvalue weighted by atomic mass is 16.2. The number of carbonyl (C=O) groups excluding carboxylic acids is 1. The summed E-state index contributed by atoms with van der Waals surface area (Å²) in [4.78, 5) is 27.9. The predicted molar refractivity (Wildman–Crippen MR) is 97.6 cm³/mol. The Morgan fingerprint density at radius 2 is 1.92 bits per heavy atom. The summed E-state index contributed by atoms with van der Waals surface area (Å²) >= 11 is 0. The van der Waals surface area contributed by atoms with Crippen LogP contribution < -0.4 is 5.56 Å². The van der Waals surface area contributed by atoms with Crippen LogP contribution >= 0.6 is 0 Å². The van der Waals surface area contributed by atoms with Crippen LogP contribution in [0.3, 0.4) is 0 Å². The Kier molecular flexibility index (Phi) is 3.82. The molecule has 1 aromatic carbocycles. The number of hydrogen-bond donors (Lipinski definition) is 0. The maximum absolute atomic E-state index is 13.1. The van der Waals surface area contributed by atoms with Gasteiger partial charge in [0, 0.05) is 30.9 Å². The number of carbonyl (C=O) groups is 1. The molecule has 1 saturated heterocycles. The molecule has 0 radical (unpaired) electrons. The molecule has 1 fully saturated rings. The summed E-state index contributed by atoms with van der Waals surface area (Å²) in [6.45, 7) is 3.63. The molecule has 0 saturated carbocycles. The second-order valence-corrected chi connectivity index (χ2v) is 6.68. The Hall–Kier alpha value is -2.63. The highest BCUT2D eigenvalue weighted by Crippen LogP contribution is 2.32. The third-order valence-electron chi connectivity index (χ3n) is 5.21. The molecular weight excluding hydrogens is 316 g/mol. The van der Waals surface area contributed by atoms with Gasteiger partial charge in [-0.1, -0.05) is 25.1 Å². The van der Waals surface area contributed by atoms with E-state index in [0.717, 1.165) is 42.2 Å². The SMILES string of the molecule is CC[C@H](C(=O)N1CCCC1)n1c2ccccc2c2cnn(C)c(=O)c21. The van der Waals surface area contributed by atoms with E-state index in [2.05, 4.69) is 5.10 Å². The third kappa shape index (κ3) is 2.35. The van der Waals surface area contributed by atoms with Gasteiger partial charge in [-0.05, 0) is 25.3 Å². The van der Waals surface area contributed by atoms with Crippen molar-refractivity contribution in [1.29, 1.82) is 0 Å². The first kappa shape index (κ1) is 15.9. The first-order chi connectivity index (χ1) is 12.1. The lowest BCUT2D eigenvalue weighted by atomic mass is 10.1. The molecule has 1 amide bonds. The summed E-state index contributed by atoms with van der Waals surface area (Å²) in [5.41, 5.74) is 1.32. The molecule has 0 aliphatic carbocycles. The smallest absolute Gasteiger partial charge is 0.291 e. The first-order valence-electron chi connectivity index (χ1n) is 8.87. The van der Waals surface area contributed by atoms with Crippen molar-refractivity contribution >= 4 is 27.7 Å². The average molecular weight is 338 g/mol. The summed E-state index contributed by atoms with van der Waals surface area (Å²) < 4.78 is 3.28. The summed E-state index contributed by atoms with van der Waals surface area (Å²) in [5.74, 6) is 0.113. The van der Waals surface area contributed by atoms with Crippen LogP contribution in [0.5, 0.6) is 0 Å². The number of aromatic nitrogens is 3. The fourth-order valence-electron chi connectivity index (χ4n) is 3.93. The quantitative estimate of drug-likeness (QED) is 0.737. The largest absolute Gasteiger partial charge is 0.341 e. The normalized spacial score (nSPS) is 16.0. The number of fused-ring (bicyclic) bond motifs is 3. The van der Waals surface area contributed by atoms with Crippen molar-refractivity contribution in [3.8, 4) is 0 Å². The van der Waals surface area contributed by atoms with E-state index >= 15 is 0 Å². The molecule has 1 aliphatic heterocycles. The van der Waals surface area contributed by atoms with Crippen molar-refractivity contribution in [2.75, 3.05) is 13.1 Å². The minimum atomic E-state index is -0.365. The van der Waals surface area contributed by atoms with Crippen molar-refractivity contribution in [3.05, 3.63) is 40.8 Å². The van der Waals surface area contributed by atoms with E-state index in [0.29, 0.717) is 11.9 Å². The van der Waals surface area contributed by atoms with E-state index in [1.165, 1.54) is 4.68 Å². The fourth-order valence-corrected chi connectivity index (χ4v) is 3.93. The molecular formula is C19H22N4O2. The predicted octanol–water partition coefficient (Wildman–Crippen LogP) is 2.46. The molecule has 1 atom stereocenters. The van der Waals surface area contributed by atoms with Crippen molar-refractivity contribution in [1.82, 2.24) is 19.2 Å². The molecule has 6 nitrogen and oxygen atoms in total. The molecule has 0 N–H and O–H groups in total. The molecule has 3 aromatic rings. The molecule has 6 heteroatoms. The van der Waals surface area contributed by atoms with Gasteiger partial charge in [0.15, 0.2) is 0 Å². The molecule has 130 valence electrons. The maximum atomic E-state index is 13.1. The van der Waals surface area contributed by atoms with Crippen molar-refractivity contribution < 1.29 is 4.79 Å². The lowest BCUT2D eigenvalue weighted by Gasteiger charge is -2.24. The molecule has 4 rings (SSSR count). The number of amides is 1. The highest BCUT2D eigenvalue weighted by Gasteiger charge is 2.29. The zero-order valence-corrected chi connectivity index (χ0v) is 14.6. The van der Waals surface area contributed by atoms with Crippen LogP contribution in [0.15, 0.2) is 35.3 Å². The minimum absolute atomic E-state index is 0.113. The number of hydrogen-bond acceptors (Lipinski definition) is 3. The van der Waals surface area contributed by atoms with Crippen LogP contribution in [0.2, 0.25) is 0 Å². The third-order valence-corrected chi connectivity index (χ3v) is 5.21. The van der Waals surface area contributed by atoms with Gasteiger partial charge in [0.2, 0.25) is 5.91 Å². The zero-order chi connectivity index (χ0) is 17.6. The van der Waals surface area contributed by atoms with E-state index in [9.17, 15) is 9.59 Å². The van der Waals surface area contributed by atoms with Gasteiger partial charge in [0.05, 0.1) is 11.7 Å². The van der Waals surface area contributed by atoms with Crippen LogP contribution in [-0.4, -0.2) is 38.2 Å². The average Bonchev–Trinajstić information content (AvgIpc) is 3.26. The Bertz CT molecular complexity index is 1010. The molecule has 3 heterocycles. The van der Waals surface area contributed by atoms with Crippen LogP contribution in [0.4, 0.5) is 0 Å². The van der Waals surface area contributed by atoms with Crippen molar-refractivity contribution in [3.63, 3.8) is 0 Å². The van der Waals surface area contributed by atoms with E-state index in [1.807, 2.05) is 40.7 Å². The van der Waals surface area contributed by atoms with Gasteiger partial charge in [0.1, 0.15) is 11.6 Å². The lowest BCUT2D eigenvalue weighted by Crippen LogP contribution is -2.36. The monoisotopic (exact) mass is 338 g/mol. The Morgan fingerprint density at radius 3 is 2.64 bits per heavy atom. The van der Waals surface area contributed by atoms with Crippen LogP contribution in [0, 0.1) is 0 Å². The van der Waals surface area contributed by atoms with Crippen LogP contribution in [0.25, 0.3) is 21.8 Å². The zero-order valence-electron chi connectivity index (χ0n) is 14.6. The maximum Gasteiger partial charge on any atom is 0.291 e. The van der Waals surface area contributed by atoms with Crippen molar-refractivity contribution in [2.24, 2.45) is 7.05 Å². The lowest BCUT2D eigenvalue weighted by molar-refractivity contribution is -0.133. The molecule has 0 spiro atoms. The molecule has 25 heavy (non-hydrogen) atoms. The summed E-state index contributed by atoms with van der Waals surface area (Å²) in [6, 6.07) is 7.50. The van der Waals surface area contributed by atoms with Crippen LogP contribution in [0.1, 0.15) is 32.2 Å². The number of rotatable bonds is 3. The standard InChI is InChI=1S/C19H22N4O2/c1-3-15(18(24)22-10-6-7-11-22)23-16-9-5-4-8-13(16)14-12-20-21(2)19(25)17(14)23/h4-5,8-9,12,15H,3,6-7,10-11H2,1-2H3/t15-/m1/s1. The number of benzene rings is 1. The molecule has 1 aliphatic rings. The minimum Gasteiger partial charge on any atom is -0.341 e. The van der Waals surface area contributed by atoms with Gasteiger partial charge >= 0.3 is 0 Å². The Balaban J connectivity index is 2.02. The summed E-state index contributed by atoms with van der Waals surface area (Å²) in [5, 5.41) is 5.95. The highest BCUT2D eigenvalue weighted by molar-refractivity contribution is 6.08. The number of nitrogens with zero attached hydrogens (tertiary/aromatic N) is 4. The van der Waals surface area contributed by atoms with E-state index < -0.39 is 0 Å². The van der Waals surface area contributed by atoms with Gasteiger partial charge in [-0.3, -0.25) is 9.59 Å². The number of likely N-dealkylation sites (tertiary alicyclic amines) is 1.